The second kappa shape index (κ2) is 9.74. The Morgan fingerprint density at radius 2 is 1.69 bits per heavy atom. The zero-order valence-corrected chi connectivity index (χ0v) is 17.8. The minimum atomic E-state index is -0.714. The van der Waals surface area contributed by atoms with Crippen molar-refractivity contribution in [1.82, 2.24) is 10.2 Å². The highest BCUT2D eigenvalue weighted by Crippen LogP contribution is 2.16. The lowest BCUT2D eigenvalue weighted by Crippen LogP contribution is -2.53. The van der Waals surface area contributed by atoms with Crippen LogP contribution < -0.4 is 10.1 Å². The van der Waals surface area contributed by atoms with E-state index in [1.54, 1.807) is 31.2 Å². The van der Waals surface area contributed by atoms with Crippen molar-refractivity contribution in [2.45, 2.75) is 45.8 Å². The van der Waals surface area contributed by atoms with E-state index in [1.165, 1.54) is 29.2 Å². The van der Waals surface area contributed by atoms with Gasteiger partial charge in [-0.25, -0.2) is 4.39 Å². The molecule has 1 unspecified atom stereocenters. The Balaban J connectivity index is 2.15. The van der Waals surface area contributed by atoms with Gasteiger partial charge in [0.25, 0.3) is 5.91 Å². The number of hydrogen-bond acceptors (Lipinski definition) is 3. The number of benzene rings is 2. The third kappa shape index (κ3) is 7.38. The summed E-state index contributed by atoms with van der Waals surface area (Å²) in [5.41, 5.74) is 0.408. The second-order valence-corrected chi connectivity index (χ2v) is 8.24. The second-order valence-electron chi connectivity index (χ2n) is 7.81. The van der Waals surface area contributed by atoms with Crippen LogP contribution in [0.4, 0.5) is 4.39 Å². The van der Waals surface area contributed by atoms with Gasteiger partial charge in [-0.2, -0.15) is 0 Å². The van der Waals surface area contributed by atoms with Crippen LogP contribution in [0, 0.1) is 5.82 Å². The summed E-state index contributed by atoms with van der Waals surface area (Å²) in [6.45, 7) is 7.25. The van der Waals surface area contributed by atoms with Crippen LogP contribution in [-0.4, -0.2) is 34.9 Å². The van der Waals surface area contributed by atoms with Crippen LogP contribution >= 0.6 is 11.6 Å². The maximum atomic E-state index is 13.0. The average Bonchev–Trinajstić information content (AvgIpc) is 2.65. The molecule has 0 bridgehead atoms. The van der Waals surface area contributed by atoms with Gasteiger partial charge in [-0.05, 0) is 69.7 Å². The molecule has 0 heterocycles. The number of amides is 2. The third-order valence-electron chi connectivity index (χ3n) is 4.11. The fraction of sp³-hybridized carbons (Fsp3) is 0.364. The molecule has 0 aliphatic heterocycles. The van der Waals surface area contributed by atoms with Gasteiger partial charge >= 0.3 is 0 Å². The van der Waals surface area contributed by atoms with Gasteiger partial charge in [0.05, 0.1) is 0 Å². The summed E-state index contributed by atoms with van der Waals surface area (Å²) in [7, 11) is 0. The van der Waals surface area contributed by atoms with Crippen LogP contribution in [0.2, 0.25) is 5.02 Å². The van der Waals surface area contributed by atoms with E-state index < -0.39 is 11.6 Å². The molecule has 0 aliphatic carbocycles. The topological polar surface area (TPSA) is 58.6 Å². The molecule has 0 saturated heterocycles. The normalized spacial score (nSPS) is 12.2. The molecule has 5 nitrogen and oxygen atoms in total. The molecule has 7 heteroatoms. The summed E-state index contributed by atoms with van der Waals surface area (Å²) >= 11 is 5.93. The van der Waals surface area contributed by atoms with E-state index in [-0.39, 0.29) is 30.8 Å². The van der Waals surface area contributed by atoms with Gasteiger partial charge in [0.15, 0.2) is 6.61 Å². The van der Waals surface area contributed by atoms with Gasteiger partial charge < -0.3 is 15.0 Å². The van der Waals surface area contributed by atoms with Gasteiger partial charge in [0, 0.05) is 17.1 Å². The third-order valence-corrected chi connectivity index (χ3v) is 4.36. The summed E-state index contributed by atoms with van der Waals surface area (Å²) in [5.74, 6) is -0.638. The van der Waals surface area contributed by atoms with E-state index >= 15 is 0 Å². The highest BCUT2D eigenvalue weighted by molar-refractivity contribution is 6.30. The van der Waals surface area contributed by atoms with E-state index in [2.05, 4.69) is 5.32 Å². The maximum Gasteiger partial charge on any atom is 0.261 e. The van der Waals surface area contributed by atoms with Gasteiger partial charge in [-0.1, -0.05) is 23.7 Å². The van der Waals surface area contributed by atoms with Crippen molar-refractivity contribution in [2.24, 2.45) is 0 Å². The molecule has 0 aromatic heterocycles. The molecule has 0 spiro atoms. The summed E-state index contributed by atoms with van der Waals surface area (Å²) in [6.07, 6.45) is 0. The monoisotopic (exact) mass is 420 g/mol. The molecule has 1 atom stereocenters. The fourth-order valence-corrected chi connectivity index (χ4v) is 2.73. The quantitative estimate of drug-likeness (QED) is 0.730. The molecule has 2 aromatic carbocycles. The molecule has 2 aromatic rings. The minimum absolute atomic E-state index is 0.224. The molecule has 0 fully saturated rings. The number of nitrogens with zero attached hydrogens (tertiary/aromatic N) is 1. The first-order valence-electron chi connectivity index (χ1n) is 9.29. The standard InChI is InChI=1S/C22H26ClFN2O3/c1-15(21(28)25-22(2,3)4)26(13-16-5-7-17(23)8-6-16)20(27)14-29-19-11-9-18(24)10-12-19/h5-12,15H,13-14H2,1-4H3,(H,25,28). The minimum Gasteiger partial charge on any atom is -0.484 e. The van der Waals surface area contributed by atoms with Crippen LogP contribution in [0.3, 0.4) is 0 Å². The van der Waals surface area contributed by atoms with Crippen molar-refractivity contribution < 1.29 is 18.7 Å². The summed E-state index contributed by atoms with van der Waals surface area (Å²) in [6, 6.07) is 11.8. The number of nitrogens with one attached hydrogen (secondary N) is 1. The molecule has 156 valence electrons. The van der Waals surface area contributed by atoms with Crippen LogP contribution in [-0.2, 0) is 16.1 Å². The number of ether oxygens (including phenoxy) is 1. The zero-order chi connectivity index (χ0) is 21.6. The van der Waals surface area contributed by atoms with Crippen molar-refractivity contribution in [2.75, 3.05) is 6.61 Å². The van der Waals surface area contributed by atoms with Crippen LogP contribution in [0.1, 0.15) is 33.3 Å². The maximum absolute atomic E-state index is 13.0. The number of hydrogen-bond donors (Lipinski definition) is 1. The molecule has 0 aliphatic rings. The fourth-order valence-electron chi connectivity index (χ4n) is 2.60. The predicted molar refractivity (Wildman–Crippen MR) is 111 cm³/mol. The lowest BCUT2D eigenvalue weighted by atomic mass is 10.1. The first-order chi connectivity index (χ1) is 13.5. The van der Waals surface area contributed by atoms with Crippen molar-refractivity contribution in [3.63, 3.8) is 0 Å². The Kier molecular flexibility index (Phi) is 7.62. The van der Waals surface area contributed by atoms with Crippen molar-refractivity contribution in [1.29, 1.82) is 0 Å². The van der Waals surface area contributed by atoms with Crippen molar-refractivity contribution in [3.05, 3.63) is 64.9 Å². The van der Waals surface area contributed by atoms with E-state index in [0.717, 1.165) is 5.56 Å². The number of carbonyl (C=O) groups is 2. The Morgan fingerprint density at radius 3 is 2.24 bits per heavy atom. The Bertz CT molecular complexity index is 833. The molecule has 2 amide bonds. The molecule has 29 heavy (non-hydrogen) atoms. The van der Waals surface area contributed by atoms with Crippen molar-refractivity contribution in [3.8, 4) is 5.75 Å². The van der Waals surface area contributed by atoms with Crippen LogP contribution in [0.15, 0.2) is 48.5 Å². The van der Waals surface area contributed by atoms with Crippen LogP contribution in [0.25, 0.3) is 0 Å². The summed E-state index contributed by atoms with van der Waals surface area (Å²) < 4.78 is 18.5. The molecule has 0 saturated carbocycles. The molecule has 1 N–H and O–H groups in total. The van der Waals surface area contributed by atoms with Gasteiger partial charge in [0.1, 0.15) is 17.6 Å². The summed E-state index contributed by atoms with van der Waals surface area (Å²) in [4.78, 5) is 27.0. The van der Waals surface area contributed by atoms with E-state index in [9.17, 15) is 14.0 Å². The number of halogens is 2. The van der Waals surface area contributed by atoms with Gasteiger partial charge in [-0.3, -0.25) is 9.59 Å². The number of rotatable bonds is 7. The van der Waals surface area contributed by atoms with E-state index in [4.69, 9.17) is 16.3 Å². The first kappa shape index (κ1) is 22.7. The SMILES string of the molecule is CC(C(=O)NC(C)(C)C)N(Cc1ccc(Cl)cc1)C(=O)COc1ccc(F)cc1. The Hall–Kier alpha value is -2.60. The zero-order valence-electron chi connectivity index (χ0n) is 17.0. The predicted octanol–water partition coefficient (Wildman–Crippen LogP) is 4.19. The Labute approximate surface area is 175 Å². The lowest BCUT2D eigenvalue weighted by molar-refractivity contribution is -0.142. The molecular formula is C22H26ClFN2O3. The first-order valence-corrected chi connectivity index (χ1v) is 9.67. The molecular weight excluding hydrogens is 395 g/mol. The highest BCUT2D eigenvalue weighted by Gasteiger charge is 2.28. The van der Waals surface area contributed by atoms with Gasteiger partial charge in [0.2, 0.25) is 5.91 Å². The van der Waals surface area contributed by atoms with E-state index in [1.807, 2.05) is 20.8 Å². The smallest absolute Gasteiger partial charge is 0.261 e. The van der Waals surface area contributed by atoms with Crippen molar-refractivity contribution >= 4 is 23.4 Å². The lowest BCUT2D eigenvalue weighted by Gasteiger charge is -2.31. The van der Waals surface area contributed by atoms with E-state index in [0.29, 0.717) is 10.8 Å². The number of carbonyl (C=O) groups excluding carboxylic acids is 2. The molecule has 2 rings (SSSR count). The Morgan fingerprint density at radius 1 is 1.10 bits per heavy atom. The molecule has 0 radical (unpaired) electrons. The van der Waals surface area contributed by atoms with Crippen LogP contribution in [0.5, 0.6) is 5.75 Å². The average molecular weight is 421 g/mol. The van der Waals surface area contributed by atoms with Gasteiger partial charge in [-0.15, -0.1) is 0 Å². The summed E-state index contributed by atoms with van der Waals surface area (Å²) in [5, 5.41) is 3.48. The largest absolute Gasteiger partial charge is 0.484 e. The highest BCUT2D eigenvalue weighted by atomic mass is 35.5.